The Morgan fingerprint density at radius 1 is 0.871 bits per heavy atom. The topological polar surface area (TPSA) is 101 Å². The summed E-state index contributed by atoms with van der Waals surface area (Å²) in [7, 11) is 1.52. The molecule has 0 fully saturated rings. The van der Waals surface area contributed by atoms with E-state index in [1.165, 1.54) is 31.4 Å². The van der Waals surface area contributed by atoms with Crippen molar-refractivity contribution in [3.8, 4) is 11.5 Å². The predicted molar refractivity (Wildman–Crippen MR) is 112 cm³/mol. The first-order chi connectivity index (χ1) is 14.9. The van der Waals surface area contributed by atoms with E-state index in [-0.39, 0.29) is 36.7 Å². The Balaban J connectivity index is 1.94. The molecule has 0 radical (unpaired) electrons. The summed E-state index contributed by atoms with van der Waals surface area (Å²) >= 11 is 0. The van der Waals surface area contributed by atoms with Crippen molar-refractivity contribution in [3.05, 3.63) is 69.6 Å². The van der Waals surface area contributed by atoms with Gasteiger partial charge in [-0.3, -0.25) is 0 Å². The number of methoxy groups -OCH3 is 1. The van der Waals surface area contributed by atoms with Crippen molar-refractivity contribution in [2.75, 3.05) is 20.3 Å². The van der Waals surface area contributed by atoms with Crippen LogP contribution in [0.2, 0.25) is 0 Å². The van der Waals surface area contributed by atoms with Crippen molar-refractivity contribution in [3.63, 3.8) is 0 Å². The smallest absolute Gasteiger partial charge is 0.338 e. The highest BCUT2D eigenvalue weighted by atomic mass is 16.5. The molecule has 8 heteroatoms. The van der Waals surface area contributed by atoms with Crippen LogP contribution in [0.25, 0.3) is 11.0 Å². The predicted octanol–water partition coefficient (Wildman–Crippen LogP) is 3.73. The molecule has 3 aromatic rings. The Labute approximate surface area is 178 Å². The van der Waals surface area contributed by atoms with Gasteiger partial charge in [0.2, 0.25) is 0 Å². The number of benzene rings is 2. The number of hydrogen-bond donors (Lipinski definition) is 0. The first kappa shape index (κ1) is 21.9. The van der Waals surface area contributed by atoms with Crippen LogP contribution in [0.5, 0.6) is 11.5 Å². The normalized spacial score (nSPS) is 10.5. The van der Waals surface area contributed by atoms with Crippen molar-refractivity contribution >= 4 is 22.9 Å². The molecule has 0 atom stereocenters. The zero-order valence-electron chi connectivity index (χ0n) is 17.4. The summed E-state index contributed by atoms with van der Waals surface area (Å²) in [4.78, 5) is 36.3. The zero-order chi connectivity index (χ0) is 22.4. The standard InChI is InChI=1S/C23H22O8/c1-4-28-22(25)14-8-15(23(26)29-5-2)10-18(9-14)30-13-16-11-21(24)31-20-12-17(27-3)6-7-19(16)20/h6-12H,4-5,13H2,1-3H3. The summed E-state index contributed by atoms with van der Waals surface area (Å²) in [5.41, 5.74) is 0.715. The fourth-order valence-electron chi connectivity index (χ4n) is 2.96. The lowest BCUT2D eigenvalue weighted by molar-refractivity contribution is 0.0524. The van der Waals surface area contributed by atoms with Crippen LogP contribution in [0.15, 0.2) is 51.7 Å². The van der Waals surface area contributed by atoms with E-state index < -0.39 is 17.6 Å². The van der Waals surface area contributed by atoms with Crippen LogP contribution >= 0.6 is 0 Å². The quantitative estimate of drug-likeness (QED) is 0.397. The van der Waals surface area contributed by atoms with Gasteiger partial charge in [-0.15, -0.1) is 0 Å². The largest absolute Gasteiger partial charge is 0.497 e. The third-order valence-electron chi connectivity index (χ3n) is 4.36. The van der Waals surface area contributed by atoms with Crippen LogP contribution < -0.4 is 15.1 Å². The molecule has 0 saturated carbocycles. The van der Waals surface area contributed by atoms with Crippen molar-refractivity contribution in [1.29, 1.82) is 0 Å². The number of esters is 2. The molecule has 0 spiro atoms. The maximum Gasteiger partial charge on any atom is 0.338 e. The Hall–Kier alpha value is -3.81. The van der Waals surface area contributed by atoms with Crippen LogP contribution in [-0.4, -0.2) is 32.3 Å². The Kier molecular flexibility index (Phi) is 6.92. The molecule has 0 unspecified atom stereocenters. The molecule has 0 N–H and O–H groups in total. The number of hydrogen-bond acceptors (Lipinski definition) is 8. The maximum absolute atomic E-state index is 12.2. The molecular formula is C23H22O8. The van der Waals surface area contributed by atoms with E-state index in [0.29, 0.717) is 22.3 Å². The molecule has 8 nitrogen and oxygen atoms in total. The minimum absolute atomic E-state index is 0.00295. The second-order valence-corrected chi connectivity index (χ2v) is 6.43. The fourth-order valence-corrected chi connectivity index (χ4v) is 2.96. The van der Waals surface area contributed by atoms with Gasteiger partial charge >= 0.3 is 17.6 Å². The van der Waals surface area contributed by atoms with E-state index >= 15 is 0 Å². The lowest BCUT2D eigenvalue weighted by Gasteiger charge is -2.12. The minimum atomic E-state index is -0.587. The summed E-state index contributed by atoms with van der Waals surface area (Å²) in [6, 6.07) is 10.8. The van der Waals surface area contributed by atoms with Gasteiger partial charge < -0.3 is 23.4 Å². The summed E-state index contributed by atoms with van der Waals surface area (Å²) in [6.45, 7) is 3.75. The van der Waals surface area contributed by atoms with Crippen LogP contribution in [-0.2, 0) is 16.1 Å². The van der Waals surface area contributed by atoms with Crippen LogP contribution in [0, 0.1) is 0 Å². The second-order valence-electron chi connectivity index (χ2n) is 6.43. The SMILES string of the molecule is CCOC(=O)c1cc(OCc2cc(=O)oc3cc(OC)ccc23)cc(C(=O)OCC)c1. The summed E-state index contributed by atoms with van der Waals surface area (Å²) in [5.74, 6) is -0.369. The third-order valence-corrected chi connectivity index (χ3v) is 4.36. The van der Waals surface area contributed by atoms with Gasteiger partial charge in [-0.2, -0.15) is 0 Å². The van der Waals surface area contributed by atoms with E-state index in [4.69, 9.17) is 23.4 Å². The molecule has 0 saturated heterocycles. The number of rotatable bonds is 8. The molecule has 1 heterocycles. The Bertz CT molecular complexity index is 1130. The molecule has 31 heavy (non-hydrogen) atoms. The first-order valence-corrected chi connectivity index (χ1v) is 9.68. The summed E-state index contributed by atoms with van der Waals surface area (Å²) in [5, 5.41) is 0.674. The monoisotopic (exact) mass is 426 g/mol. The van der Waals surface area contributed by atoms with Gasteiger partial charge in [0.25, 0.3) is 0 Å². The van der Waals surface area contributed by atoms with E-state index in [1.54, 1.807) is 32.0 Å². The molecule has 162 valence electrons. The molecule has 0 aliphatic carbocycles. The lowest BCUT2D eigenvalue weighted by atomic mass is 10.1. The molecule has 0 aliphatic heterocycles. The second kappa shape index (κ2) is 9.80. The summed E-state index contributed by atoms with van der Waals surface area (Å²) in [6.07, 6.45) is 0. The fraction of sp³-hybridized carbons (Fsp3) is 0.261. The molecular weight excluding hydrogens is 404 g/mol. The van der Waals surface area contributed by atoms with Gasteiger partial charge in [-0.1, -0.05) is 0 Å². The average molecular weight is 426 g/mol. The van der Waals surface area contributed by atoms with Gasteiger partial charge in [-0.25, -0.2) is 14.4 Å². The van der Waals surface area contributed by atoms with Gasteiger partial charge in [-0.05, 0) is 44.2 Å². The van der Waals surface area contributed by atoms with Gasteiger partial charge in [0.15, 0.2) is 0 Å². The maximum atomic E-state index is 12.2. The molecule has 1 aromatic heterocycles. The van der Waals surface area contributed by atoms with Crippen LogP contribution in [0.3, 0.4) is 0 Å². The zero-order valence-corrected chi connectivity index (χ0v) is 17.4. The number of carbonyl (C=O) groups is 2. The van der Waals surface area contributed by atoms with E-state index in [9.17, 15) is 14.4 Å². The Morgan fingerprint density at radius 2 is 1.52 bits per heavy atom. The summed E-state index contributed by atoms with van der Waals surface area (Å²) < 4.78 is 26.3. The van der Waals surface area contributed by atoms with Crippen molar-refractivity contribution in [2.45, 2.75) is 20.5 Å². The molecule has 0 bridgehead atoms. The van der Waals surface area contributed by atoms with Crippen LogP contribution in [0.1, 0.15) is 40.1 Å². The first-order valence-electron chi connectivity index (χ1n) is 9.68. The van der Waals surface area contributed by atoms with Crippen molar-refractivity contribution < 1.29 is 33.0 Å². The van der Waals surface area contributed by atoms with E-state index in [1.807, 2.05) is 0 Å². The van der Waals surface area contributed by atoms with Gasteiger partial charge in [0, 0.05) is 23.1 Å². The third kappa shape index (κ3) is 5.22. The lowest BCUT2D eigenvalue weighted by Crippen LogP contribution is -2.10. The molecule has 3 rings (SSSR count). The number of ether oxygens (including phenoxy) is 4. The molecule has 0 amide bonds. The Morgan fingerprint density at radius 3 is 2.10 bits per heavy atom. The average Bonchev–Trinajstić information content (AvgIpc) is 2.77. The van der Waals surface area contributed by atoms with Crippen molar-refractivity contribution in [2.24, 2.45) is 0 Å². The highest BCUT2D eigenvalue weighted by Crippen LogP contribution is 2.25. The number of carbonyl (C=O) groups excluding carboxylic acids is 2. The minimum Gasteiger partial charge on any atom is -0.497 e. The van der Waals surface area contributed by atoms with Crippen LogP contribution in [0.4, 0.5) is 0 Å². The van der Waals surface area contributed by atoms with Gasteiger partial charge in [0.05, 0.1) is 31.5 Å². The molecule has 2 aromatic carbocycles. The molecule has 0 aliphatic rings. The highest BCUT2D eigenvalue weighted by Gasteiger charge is 2.16. The van der Waals surface area contributed by atoms with E-state index in [2.05, 4.69) is 0 Å². The van der Waals surface area contributed by atoms with Crippen molar-refractivity contribution in [1.82, 2.24) is 0 Å². The number of fused-ring (bicyclic) bond motifs is 1. The van der Waals surface area contributed by atoms with Gasteiger partial charge in [0.1, 0.15) is 23.7 Å². The van der Waals surface area contributed by atoms with E-state index in [0.717, 1.165) is 0 Å². The highest BCUT2D eigenvalue weighted by molar-refractivity contribution is 5.96.